The Morgan fingerprint density at radius 2 is 2.14 bits per heavy atom. The molecule has 1 aromatic heterocycles. The molecule has 5 nitrogen and oxygen atoms in total. The lowest BCUT2D eigenvalue weighted by molar-refractivity contribution is -0.124. The second-order valence-corrected chi connectivity index (χ2v) is 8.92. The molecule has 0 spiro atoms. The number of rotatable bonds is 3. The van der Waals surface area contributed by atoms with E-state index in [0.717, 1.165) is 41.8 Å². The Morgan fingerprint density at radius 3 is 2.93 bits per heavy atom. The number of amides is 3. The highest BCUT2D eigenvalue weighted by Crippen LogP contribution is 2.33. The van der Waals surface area contributed by atoms with Crippen molar-refractivity contribution >= 4 is 29.0 Å². The molecule has 2 unspecified atom stereocenters. The second kappa shape index (κ2) is 8.53. The van der Waals surface area contributed by atoms with E-state index in [1.165, 1.54) is 12.1 Å². The molecule has 0 radical (unpaired) electrons. The molecule has 2 aliphatic rings. The minimum atomic E-state index is -0.267. The first-order valence-electron chi connectivity index (χ1n) is 10.2. The lowest BCUT2D eigenvalue weighted by Crippen LogP contribution is -2.52. The van der Waals surface area contributed by atoms with Crippen LogP contribution in [0.1, 0.15) is 36.6 Å². The van der Waals surface area contributed by atoms with Crippen molar-refractivity contribution in [2.24, 2.45) is 5.92 Å². The van der Waals surface area contributed by atoms with E-state index in [-0.39, 0.29) is 29.7 Å². The number of likely N-dealkylation sites (tertiary alicyclic amines) is 1. The number of carbonyl (C=O) groups excluding carboxylic acids is 2. The van der Waals surface area contributed by atoms with Gasteiger partial charge in [-0.15, -0.1) is 11.3 Å². The Morgan fingerprint density at radius 1 is 1.28 bits per heavy atom. The van der Waals surface area contributed by atoms with Gasteiger partial charge in [-0.2, -0.15) is 0 Å². The van der Waals surface area contributed by atoms with Gasteiger partial charge in [-0.05, 0) is 67.8 Å². The molecule has 3 amide bonds. The molecule has 1 aromatic carbocycles. The molecule has 3 heterocycles. The van der Waals surface area contributed by atoms with Crippen molar-refractivity contribution in [3.05, 3.63) is 52.0 Å². The van der Waals surface area contributed by atoms with Gasteiger partial charge < -0.3 is 15.1 Å². The fourth-order valence-electron chi connectivity index (χ4n) is 4.30. The molecule has 0 aliphatic carbocycles. The number of anilines is 1. The van der Waals surface area contributed by atoms with Gasteiger partial charge in [-0.3, -0.25) is 4.79 Å². The van der Waals surface area contributed by atoms with Gasteiger partial charge in [-0.25, -0.2) is 9.18 Å². The molecule has 2 aliphatic heterocycles. The standard InChI is InChI=1S/C22H26FN3O2S/c1-15-6-7-16-12-18(23)8-9-20(16)26(15)21(27)17-4-2-10-25(14-17)22(28)24-13-19-5-3-11-29-19/h3,5,8-9,11-12,15,17H,2,4,6-7,10,13-14H2,1H3,(H,24,28). The zero-order chi connectivity index (χ0) is 20.4. The highest BCUT2D eigenvalue weighted by Gasteiger charge is 2.36. The zero-order valence-corrected chi connectivity index (χ0v) is 17.4. The summed E-state index contributed by atoms with van der Waals surface area (Å²) in [6.07, 6.45) is 3.18. The lowest BCUT2D eigenvalue weighted by Gasteiger charge is -2.40. The predicted octanol–water partition coefficient (Wildman–Crippen LogP) is 4.18. The van der Waals surface area contributed by atoms with E-state index in [4.69, 9.17) is 0 Å². The van der Waals surface area contributed by atoms with Crippen LogP contribution in [-0.4, -0.2) is 36.0 Å². The maximum absolute atomic E-state index is 13.6. The molecule has 4 rings (SSSR count). The van der Waals surface area contributed by atoms with Crippen molar-refractivity contribution in [1.82, 2.24) is 10.2 Å². The highest BCUT2D eigenvalue weighted by atomic mass is 32.1. The Bertz CT molecular complexity index is 886. The molecule has 0 saturated carbocycles. The van der Waals surface area contributed by atoms with E-state index in [2.05, 4.69) is 5.32 Å². The summed E-state index contributed by atoms with van der Waals surface area (Å²) in [5, 5.41) is 4.94. The molecular formula is C22H26FN3O2S. The van der Waals surface area contributed by atoms with Crippen LogP contribution in [0.4, 0.5) is 14.9 Å². The number of benzene rings is 1. The number of piperidine rings is 1. The van der Waals surface area contributed by atoms with Crippen LogP contribution in [0.15, 0.2) is 35.7 Å². The first kappa shape index (κ1) is 19.9. The summed E-state index contributed by atoms with van der Waals surface area (Å²) >= 11 is 1.61. The molecule has 1 N–H and O–H groups in total. The molecular weight excluding hydrogens is 389 g/mol. The minimum Gasteiger partial charge on any atom is -0.333 e. The van der Waals surface area contributed by atoms with Gasteiger partial charge in [0.2, 0.25) is 5.91 Å². The Kier molecular flexibility index (Phi) is 5.85. The van der Waals surface area contributed by atoms with Crippen LogP contribution in [0.25, 0.3) is 0 Å². The Hall–Kier alpha value is -2.41. The molecule has 1 fully saturated rings. The first-order valence-corrected chi connectivity index (χ1v) is 11.1. The van der Waals surface area contributed by atoms with Crippen molar-refractivity contribution in [2.45, 2.75) is 45.2 Å². The van der Waals surface area contributed by atoms with Gasteiger partial charge >= 0.3 is 6.03 Å². The molecule has 0 bridgehead atoms. The van der Waals surface area contributed by atoms with E-state index < -0.39 is 0 Å². The van der Waals surface area contributed by atoms with Crippen LogP contribution in [0, 0.1) is 11.7 Å². The largest absolute Gasteiger partial charge is 0.333 e. The summed E-state index contributed by atoms with van der Waals surface area (Å²) in [7, 11) is 0. The SMILES string of the molecule is CC1CCc2cc(F)ccc2N1C(=O)C1CCCN(C(=O)NCc2cccs2)C1. The molecule has 2 atom stereocenters. The molecule has 29 heavy (non-hydrogen) atoms. The maximum atomic E-state index is 13.6. The first-order chi connectivity index (χ1) is 14.0. The minimum absolute atomic E-state index is 0.0424. The number of hydrogen-bond acceptors (Lipinski definition) is 3. The van der Waals surface area contributed by atoms with E-state index in [1.54, 1.807) is 22.3 Å². The van der Waals surface area contributed by atoms with Crippen LogP contribution in [-0.2, 0) is 17.8 Å². The number of nitrogens with one attached hydrogen (secondary N) is 1. The average Bonchev–Trinajstić information content (AvgIpc) is 3.25. The van der Waals surface area contributed by atoms with E-state index in [1.807, 2.05) is 29.3 Å². The van der Waals surface area contributed by atoms with Crippen molar-refractivity contribution < 1.29 is 14.0 Å². The maximum Gasteiger partial charge on any atom is 0.317 e. The normalized spacial score (nSPS) is 21.6. The molecule has 154 valence electrons. The van der Waals surface area contributed by atoms with Crippen molar-refractivity contribution in [3.63, 3.8) is 0 Å². The van der Waals surface area contributed by atoms with Crippen LogP contribution in [0.5, 0.6) is 0 Å². The lowest BCUT2D eigenvalue weighted by atomic mass is 9.91. The number of aryl methyl sites for hydroxylation is 1. The van der Waals surface area contributed by atoms with Crippen LogP contribution < -0.4 is 10.2 Å². The third-order valence-electron chi connectivity index (χ3n) is 5.86. The number of halogens is 1. The van der Waals surface area contributed by atoms with Gasteiger partial charge in [-0.1, -0.05) is 6.07 Å². The van der Waals surface area contributed by atoms with Crippen LogP contribution in [0.3, 0.4) is 0 Å². The van der Waals surface area contributed by atoms with Gasteiger partial charge in [0.05, 0.1) is 12.5 Å². The Balaban J connectivity index is 1.44. The quantitative estimate of drug-likeness (QED) is 0.818. The van der Waals surface area contributed by atoms with E-state index in [9.17, 15) is 14.0 Å². The van der Waals surface area contributed by atoms with E-state index in [0.29, 0.717) is 19.6 Å². The molecule has 2 aromatic rings. The van der Waals surface area contributed by atoms with Gasteiger partial charge in [0.1, 0.15) is 5.82 Å². The number of thiophene rings is 1. The number of carbonyl (C=O) groups is 2. The van der Waals surface area contributed by atoms with Crippen LogP contribution >= 0.6 is 11.3 Å². The summed E-state index contributed by atoms with van der Waals surface area (Å²) in [6.45, 7) is 3.64. The number of urea groups is 1. The van der Waals surface area contributed by atoms with Gasteiger partial charge in [0.25, 0.3) is 0 Å². The average molecular weight is 416 g/mol. The van der Waals surface area contributed by atoms with Gasteiger partial charge in [0.15, 0.2) is 0 Å². The summed E-state index contributed by atoms with van der Waals surface area (Å²) in [4.78, 5) is 30.7. The van der Waals surface area contributed by atoms with Crippen molar-refractivity contribution in [1.29, 1.82) is 0 Å². The monoisotopic (exact) mass is 415 g/mol. The number of hydrogen-bond donors (Lipinski definition) is 1. The number of fused-ring (bicyclic) bond motifs is 1. The van der Waals surface area contributed by atoms with Crippen LogP contribution in [0.2, 0.25) is 0 Å². The summed E-state index contributed by atoms with van der Waals surface area (Å²) < 4.78 is 13.6. The van der Waals surface area contributed by atoms with E-state index >= 15 is 0 Å². The van der Waals surface area contributed by atoms with Gasteiger partial charge in [0, 0.05) is 29.7 Å². The summed E-state index contributed by atoms with van der Waals surface area (Å²) in [6, 6.07) is 8.58. The summed E-state index contributed by atoms with van der Waals surface area (Å²) in [5.74, 6) is -0.451. The number of nitrogens with zero attached hydrogens (tertiary/aromatic N) is 2. The fraction of sp³-hybridized carbons (Fsp3) is 0.455. The van der Waals surface area contributed by atoms with Crippen molar-refractivity contribution in [3.8, 4) is 0 Å². The third kappa shape index (κ3) is 4.29. The topological polar surface area (TPSA) is 52.7 Å². The third-order valence-corrected chi connectivity index (χ3v) is 6.74. The molecule has 7 heteroatoms. The van der Waals surface area contributed by atoms with Crippen molar-refractivity contribution in [2.75, 3.05) is 18.0 Å². The summed E-state index contributed by atoms with van der Waals surface area (Å²) in [5.41, 5.74) is 1.70. The fourth-order valence-corrected chi connectivity index (χ4v) is 4.95. The smallest absolute Gasteiger partial charge is 0.317 e. The molecule has 1 saturated heterocycles. The zero-order valence-electron chi connectivity index (χ0n) is 16.6. The Labute approximate surface area is 174 Å². The second-order valence-electron chi connectivity index (χ2n) is 7.89. The highest BCUT2D eigenvalue weighted by molar-refractivity contribution is 7.09. The predicted molar refractivity (Wildman–Crippen MR) is 113 cm³/mol.